The highest BCUT2D eigenvalue weighted by atomic mass is 16.6. The number of hydrogen-bond donors (Lipinski definition) is 2. The Morgan fingerprint density at radius 1 is 1.28 bits per heavy atom. The minimum Gasteiger partial charge on any atom is -0.450 e. The molecule has 0 spiro atoms. The third-order valence-electron chi connectivity index (χ3n) is 3.88. The highest BCUT2D eigenvalue weighted by Crippen LogP contribution is 2.18. The number of hydrogen-bond acceptors (Lipinski definition) is 5. The van der Waals surface area contributed by atoms with Crippen LogP contribution in [0.5, 0.6) is 0 Å². The molecule has 0 bridgehead atoms. The van der Waals surface area contributed by atoms with Gasteiger partial charge < -0.3 is 20.3 Å². The maximum Gasteiger partial charge on any atom is 0.409 e. The third-order valence-corrected chi connectivity index (χ3v) is 3.88. The molecular weight excluding hydrogens is 320 g/mol. The standard InChI is InChI=1S/C18H28N4O3/c1-5-25-17(24)22-8-6-14(7-9-22)20-15-10-13(11-19-12-15)16(23)21-18(2,3)4/h10-12,14,20H,5-9H2,1-4H3,(H,21,23). The number of amides is 2. The topological polar surface area (TPSA) is 83.6 Å². The van der Waals surface area contributed by atoms with E-state index in [0.29, 0.717) is 25.3 Å². The van der Waals surface area contributed by atoms with E-state index in [4.69, 9.17) is 4.74 Å². The molecule has 0 aliphatic carbocycles. The monoisotopic (exact) mass is 348 g/mol. The summed E-state index contributed by atoms with van der Waals surface area (Å²) in [5, 5.41) is 6.34. The Hall–Kier alpha value is -2.31. The zero-order chi connectivity index (χ0) is 18.4. The molecule has 1 fully saturated rings. The molecule has 0 unspecified atom stereocenters. The lowest BCUT2D eigenvalue weighted by Gasteiger charge is -2.32. The molecule has 7 nitrogen and oxygen atoms in total. The molecule has 2 heterocycles. The fraction of sp³-hybridized carbons (Fsp3) is 0.611. The number of pyridine rings is 1. The Bertz CT molecular complexity index is 605. The molecule has 0 aromatic carbocycles. The van der Waals surface area contributed by atoms with Crippen LogP contribution in [0.3, 0.4) is 0 Å². The van der Waals surface area contributed by atoms with E-state index in [9.17, 15) is 9.59 Å². The molecule has 138 valence electrons. The van der Waals surface area contributed by atoms with E-state index >= 15 is 0 Å². The summed E-state index contributed by atoms with van der Waals surface area (Å²) in [6.07, 6.45) is 4.69. The number of aromatic nitrogens is 1. The van der Waals surface area contributed by atoms with Gasteiger partial charge in [0.25, 0.3) is 5.91 Å². The first-order valence-electron chi connectivity index (χ1n) is 8.74. The van der Waals surface area contributed by atoms with Crippen molar-refractivity contribution < 1.29 is 14.3 Å². The molecule has 2 rings (SSSR count). The second-order valence-corrected chi connectivity index (χ2v) is 7.27. The van der Waals surface area contributed by atoms with Crippen LogP contribution in [0.2, 0.25) is 0 Å². The zero-order valence-electron chi connectivity index (χ0n) is 15.5. The summed E-state index contributed by atoms with van der Waals surface area (Å²) < 4.78 is 5.03. The van der Waals surface area contributed by atoms with E-state index < -0.39 is 0 Å². The molecule has 0 radical (unpaired) electrons. The molecular formula is C18H28N4O3. The molecule has 1 aromatic rings. The number of ether oxygens (including phenoxy) is 1. The fourth-order valence-electron chi connectivity index (χ4n) is 2.71. The Morgan fingerprint density at radius 2 is 1.96 bits per heavy atom. The first-order valence-corrected chi connectivity index (χ1v) is 8.74. The summed E-state index contributed by atoms with van der Waals surface area (Å²) >= 11 is 0. The van der Waals surface area contributed by atoms with Gasteiger partial charge in [-0.15, -0.1) is 0 Å². The molecule has 25 heavy (non-hydrogen) atoms. The maximum atomic E-state index is 12.2. The Morgan fingerprint density at radius 3 is 2.56 bits per heavy atom. The van der Waals surface area contributed by atoms with E-state index in [0.717, 1.165) is 18.5 Å². The first kappa shape index (κ1) is 19.0. The number of piperidine rings is 1. The summed E-state index contributed by atoms with van der Waals surface area (Å²) in [5.41, 5.74) is 1.06. The van der Waals surface area contributed by atoms with Crippen molar-refractivity contribution in [3.63, 3.8) is 0 Å². The Kier molecular flexibility index (Phi) is 6.22. The average Bonchev–Trinajstić information content (AvgIpc) is 2.54. The molecule has 1 aromatic heterocycles. The van der Waals surface area contributed by atoms with Crippen molar-refractivity contribution >= 4 is 17.7 Å². The van der Waals surface area contributed by atoms with Crippen molar-refractivity contribution in [3.05, 3.63) is 24.0 Å². The number of nitrogens with zero attached hydrogens (tertiary/aromatic N) is 2. The molecule has 2 amide bonds. The summed E-state index contributed by atoms with van der Waals surface area (Å²) in [5.74, 6) is -0.138. The van der Waals surface area contributed by atoms with Crippen LogP contribution in [0.15, 0.2) is 18.5 Å². The van der Waals surface area contributed by atoms with Crippen LogP contribution in [0.25, 0.3) is 0 Å². The van der Waals surface area contributed by atoms with Crippen molar-refractivity contribution in [2.75, 3.05) is 25.0 Å². The average molecular weight is 348 g/mol. The number of rotatable bonds is 4. The van der Waals surface area contributed by atoms with Crippen LogP contribution in [-0.2, 0) is 4.74 Å². The summed E-state index contributed by atoms with van der Waals surface area (Å²) in [6, 6.07) is 2.06. The minimum atomic E-state index is -0.291. The first-order chi connectivity index (χ1) is 11.8. The minimum absolute atomic E-state index is 0.138. The Balaban J connectivity index is 1.91. The number of likely N-dealkylation sites (tertiary alicyclic amines) is 1. The van der Waals surface area contributed by atoms with Gasteiger partial charge in [0, 0.05) is 37.1 Å². The van der Waals surface area contributed by atoms with E-state index in [-0.39, 0.29) is 23.6 Å². The van der Waals surface area contributed by atoms with Gasteiger partial charge in [-0.2, -0.15) is 0 Å². The molecule has 1 saturated heterocycles. The van der Waals surface area contributed by atoms with Gasteiger partial charge in [-0.1, -0.05) is 0 Å². The van der Waals surface area contributed by atoms with Crippen LogP contribution >= 0.6 is 0 Å². The molecule has 0 saturated carbocycles. The van der Waals surface area contributed by atoms with E-state index in [1.54, 1.807) is 17.3 Å². The lowest BCUT2D eigenvalue weighted by Crippen LogP contribution is -2.42. The van der Waals surface area contributed by atoms with Gasteiger partial charge in [0.15, 0.2) is 0 Å². The van der Waals surface area contributed by atoms with Crippen molar-refractivity contribution in [2.45, 2.75) is 52.1 Å². The van der Waals surface area contributed by atoms with Crippen LogP contribution in [0, 0.1) is 0 Å². The Labute approximate surface area is 149 Å². The molecule has 0 atom stereocenters. The van der Waals surface area contributed by atoms with Gasteiger partial charge in [0.2, 0.25) is 0 Å². The highest BCUT2D eigenvalue weighted by Gasteiger charge is 2.23. The molecule has 1 aliphatic heterocycles. The van der Waals surface area contributed by atoms with Crippen LogP contribution in [-0.4, -0.2) is 53.2 Å². The van der Waals surface area contributed by atoms with E-state index in [1.165, 1.54) is 0 Å². The fourth-order valence-corrected chi connectivity index (χ4v) is 2.71. The predicted molar refractivity (Wildman–Crippen MR) is 96.7 cm³/mol. The molecule has 1 aliphatic rings. The molecule has 7 heteroatoms. The maximum absolute atomic E-state index is 12.2. The summed E-state index contributed by atoms with van der Waals surface area (Å²) in [7, 11) is 0. The van der Waals surface area contributed by atoms with Crippen LogP contribution < -0.4 is 10.6 Å². The van der Waals surface area contributed by atoms with Gasteiger partial charge >= 0.3 is 6.09 Å². The van der Waals surface area contributed by atoms with Crippen molar-refractivity contribution in [3.8, 4) is 0 Å². The van der Waals surface area contributed by atoms with Crippen LogP contribution in [0.1, 0.15) is 50.9 Å². The van der Waals surface area contributed by atoms with Gasteiger partial charge in [0.1, 0.15) is 0 Å². The van der Waals surface area contributed by atoms with Crippen molar-refractivity contribution in [1.82, 2.24) is 15.2 Å². The normalized spacial score (nSPS) is 15.6. The number of nitrogens with one attached hydrogen (secondary N) is 2. The van der Waals surface area contributed by atoms with Gasteiger partial charge in [-0.25, -0.2) is 4.79 Å². The third kappa shape index (κ3) is 5.92. The second kappa shape index (κ2) is 8.18. The lowest BCUT2D eigenvalue weighted by molar-refractivity contribution is 0.0917. The van der Waals surface area contributed by atoms with Crippen molar-refractivity contribution in [1.29, 1.82) is 0 Å². The quantitative estimate of drug-likeness (QED) is 0.874. The lowest BCUT2D eigenvalue weighted by atomic mass is 10.0. The van der Waals surface area contributed by atoms with Crippen molar-refractivity contribution in [2.24, 2.45) is 0 Å². The van der Waals surface area contributed by atoms with Crippen LogP contribution in [0.4, 0.5) is 10.5 Å². The zero-order valence-corrected chi connectivity index (χ0v) is 15.5. The second-order valence-electron chi connectivity index (χ2n) is 7.27. The van der Waals surface area contributed by atoms with Gasteiger partial charge in [-0.05, 0) is 46.6 Å². The summed E-state index contributed by atoms with van der Waals surface area (Å²) in [4.78, 5) is 29.9. The summed E-state index contributed by atoms with van der Waals surface area (Å²) in [6.45, 7) is 9.35. The highest BCUT2D eigenvalue weighted by molar-refractivity contribution is 5.95. The van der Waals surface area contributed by atoms with Gasteiger partial charge in [0.05, 0.1) is 17.9 Å². The van der Waals surface area contributed by atoms with Gasteiger partial charge in [-0.3, -0.25) is 9.78 Å². The molecule has 2 N–H and O–H groups in total. The number of carbonyl (C=O) groups excluding carboxylic acids is 2. The van der Waals surface area contributed by atoms with E-state index in [2.05, 4.69) is 15.6 Å². The largest absolute Gasteiger partial charge is 0.450 e. The number of anilines is 1. The number of carbonyl (C=O) groups is 2. The SMILES string of the molecule is CCOC(=O)N1CCC(Nc2cncc(C(=O)NC(C)(C)C)c2)CC1. The predicted octanol–water partition coefficient (Wildman–Crippen LogP) is 2.64. The van der Waals surface area contributed by atoms with E-state index in [1.807, 2.05) is 33.8 Å². The smallest absolute Gasteiger partial charge is 0.409 e.